The third kappa shape index (κ3) is 2.26. The van der Waals surface area contributed by atoms with E-state index in [1.54, 1.807) is 0 Å². The molecule has 0 spiro atoms. The van der Waals surface area contributed by atoms with Crippen molar-refractivity contribution in [2.24, 2.45) is 0 Å². The molecule has 1 N–H and O–H groups in total. The van der Waals surface area contributed by atoms with Crippen LogP contribution in [0.3, 0.4) is 0 Å². The molecule has 2 heterocycles. The molecule has 0 amide bonds. The highest BCUT2D eigenvalue weighted by Gasteiger charge is 2.22. The van der Waals surface area contributed by atoms with Crippen LogP contribution in [0.1, 0.15) is 25.7 Å². The summed E-state index contributed by atoms with van der Waals surface area (Å²) in [7, 11) is 0. The summed E-state index contributed by atoms with van der Waals surface area (Å²) in [5.41, 5.74) is 2.51. The van der Waals surface area contributed by atoms with E-state index in [0.29, 0.717) is 6.04 Å². The average molecular weight is 268 g/mol. The Labute approximate surface area is 119 Å². The highest BCUT2D eigenvalue weighted by atomic mass is 15.2. The van der Waals surface area contributed by atoms with Crippen LogP contribution >= 0.6 is 0 Å². The molecule has 2 fully saturated rings. The first-order valence-corrected chi connectivity index (χ1v) is 7.55. The van der Waals surface area contributed by atoms with Crippen LogP contribution in [0.2, 0.25) is 0 Å². The molecule has 0 atom stereocenters. The van der Waals surface area contributed by atoms with E-state index in [4.69, 9.17) is 0 Å². The van der Waals surface area contributed by atoms with Crippen LogP contribution in [0.25, 0.3) is 5.69 Å². The summed E-state index contributed by atoms with van der Waals surface area (Å²) in [5, 5.41) is 3.47. The van der Waals surface area contributed by atoms with Crippen molar-refractivity contribution in [2.75, 3.05) is 23.3 Å². The summed E-state index contributed by atoms with van der Waals surface area (Å²) in [6.07, 6.45) is 9.05. The Hall–Kier alpha value is -1.97. The zero-order valence-corrected chi connectivity index (χ0v) is 11.6. The van der Waals surface area contributed by atoms with Crippen molar-refractivity contribution in [3.05, 3.63) is 36.7 Å². The monoisotopic (exact) mass is 268 g/mol. The zero-order valence-electron chi connectivity index (χ0n) is 11.6. The van der Waals surface area contributed by atoms with Crippen LogP contribution in [0.4, 0.5) is 11.6 Å². The fraction of sp³-hybridized carbons (Fsp3) is 0.438. The zero-order chi connectivity index (χ0) is 13.4. The van der Waals surface area contributed by atoms with E-state index in [9.17, 15) is 0 Å². The number of nitrogens with one attached hydrogen (secondary N) is 1. The van der Waals surface area contributed by atoms with Crippen LogP contribution in [0.5, 0.6) is 0 Å². The Kier molecular flexibility index (Phi) is 2.87. The summed E-state index contributed by atoms with van der Waals surface area (Å²) < 4.78 is 2.13. The molecule has 0 radical (unpaired) electrons. The molecule has 20 heavy (non-hydrogen) atoms. The van der Waals surface area contributed by atoms with E-state index in [1.807, 2.05) is 12.4 Å². The molecule has 1 aromatic carbocycles. The van der Waals surface area contributed by atoms with E-state index in [1.165, 1.54) is 50.1 Å². The summed E-state index contributed by atoms with van der Waals surface area (Å²) in [6.45, 7) is 2.39. The minimum atomic E-state index is 0.625. The summed E-state index contributed by atoms with van der Waals surface area (Å²) in [5.74, 6) is 0.960. The van der Waals surface area contributed by atoms with Gasteiger partial charge in [-0.2, -0.15) is 0 Å². The van der Waals surface area contributed by atoms with Crippen LogP contribution in [-0.4, -0.2) is 28.7 Å². The fourth-order valence-electron chi connectivity index (χ4n) is 2.83. The predicted octanol–water partition coefficient (Wildman–Crippen LogP) is 3.05. The van der Waals surface area contributed by atoms with Gasteiger partial charge in [0.25, 0.3) is 0 Å². The first-order valence-electron chi connectivity index (χ1n) is 7.55. The Morgan fingerprint density at radius 2 is 1.70 bits per heavy atom. The molecule has 4 heteroatoms. The molecule has 1 aliphatic heterocycles. The molecule has 1 saturated heterocycles. The smallest absolute Gasteiger partial charge is 0.207 e. The summed E-state index contributed by atoms with van der Waals surface area (Å²) >= 11 is 0. The van der Waals surface area contributed by atoms with E-state index in [-0.39, 0.29) is 0 Å². The first kappa shape index (κ1) is 11.8. The lowest BCUT2D eigenvalue weighted by atomic mass is 10.2. The van der Waals surface area contributed by atoms with Gasteiger partial charge in [0.15, 0.2) is 0 Å². The van der Waals surface area contributed by atoms with Crippen molar-refractivity contribution in [3.63, 3.8) is 0 Å². The van der Waals surface area contributed by atoms with Gasteiger partial charge >= 0.3 is 0 Å². The Morgan fingerprint density at radius 3 is 2.40 bits per heavy atom. The quantitative estimate of drug-likeness (QED) is 0.925. The van der Waals surface area contributed by atoms with E-state index in [2.05, 4.69) is 44.0 Å². The van der Waals surface area contributed by atoms with Crippen molar-refractivity contribution >= 4 is 11.6 Å². The number of imidazole rings is 1. The molecule has 1 saturated carbocycles. The van der Waals surface area contributed by atoms with Gasteiger partial charge in [-0.15, -0.1) is 0 Å². The molecule has 4 rings (SSSR count). The van der Waals surface area contributed by atoms with Gasteiger partial charge < -0.3 is 10.2 Å². The summed E-state index contributed by atoms with van der Waals surface area (Å²) in [4.78, 5) is 6.87. The number of nitrogens with zero attached hydrogens (tertiary/aromatic N) is 3. The van der Waals surface area contributed by atoms with Gasteiger partial charge in [0.05, 0.1) is 0 Å². The van der Waals surface area contributed by atoms with Crippen LogP contribution < -0.4 is 10.2 Å². The lowest BCUT2D eigenvalue weighted by molar-refractivity contribution is 0.949. The fourth-order valence-corrected chi connectivity index (χ4v) is 2.83. The van der Waals surface area contributed by atoms with Crippen molar-refractivity contribution in [3.8, 4) is 5.69 Å². The average Bonchev–Trinajstić information content (AvgIpc) is 2.95. The highest BCUT2D eigenvalue weighted by Crippen LogP contribution is 2.26. The molecule has 2 aromatic rings. The van der Waals surface area contributed by atoms with Crippen molar-refractivity contribution in [2.45, 2.75) is 31.7 Å². The molecular weight excluding hydrogens is 248 g/mol. The van der Waals surface area contributed by atoms with Crippen molar-refractivity contribution in [1.29, 1.82) is 0 Å². The summed E-state index contributed by atoms with van der Waals surface area (Å²) in [6, 6.07) is 9.45. The normalized spacial score (nSPS) is 18.5. The molecule has 1 aromatic heterocycles. The number of hydrogen-bond acceptors (Lipinski definition) is 3. The van der Waals surface area contributed by atoms with E-state index >= 15 is 0 Å². The minimum Gasteiger partial charge on any atom is -0.372 e. The SMILES string of the molecule is c1cn(-c2ccc(N3CCCC3)cc2)c(NC2CC2)n1. The minimum absolute atomic E-state index is 0.625. The number of rotatable bonds is 4. The maximum absolute atomic E-state index is 4.41. The Morgan fingerprint density at radius 1 is 1.00 bits per heavy atom. The van der Waals surface area contributed by atoms with Gasteiger partial charge in [-0.1, -0.05) is 0 Å². The van der Waals surface area contributed by atoms with Crippen molar-refractivity contribution < 1.29 is 0 Å². The molecule has 104 valence electrons. The van der Waals surface area contributed by atoms with Gasteiger partial charge in [0, 0.05) is 42.9 Å². The Balaban J connectivity index is 1.57. The van der Waals surface area contributed by atoms with Crippen LogP contribution in [0.15, 0.2) is 36.7 Å². The lowest BCUT2D eigenvalue weighted by Gasteiger charge is -2.18. The standard InChI is InChI=1S/C16H20N4/c1-2-11-19(10-1)14-5-7-15(8-6-14)20-12-9-17-16(20)18-13-3-4-13/h5-9,12-13H,1-4,10-11H2,(H,17,18). The van der Waals surface area contributed by atoms with Crippen LogP contribution in [0, 0.1) is 0 Å². The number of benzene rings is 1. The largest absolute Gasteiger partial charge is 0.372 e. The van der Waals surface area contributed by atoms with Crippen molar-refractivity contribution in [1.82, 2.24) is 9.55 Å². The third-order valence-corrected chi connectivity index (χ3v) is 4.15. The number of hydrogen-bond donors (Lipinski definition) is 1. The van der Waals surface area contributed by atoms with Gasteiger partial charge in [0.2, 0.25) is 5.95 Å². The van der Waals surface area contributed by atoms with E-state index in [0.717, 1.165) is 5.95 Å². The second kappa shape index (κ2) is 4.85. The molecular formula is C16H20N4. The molecule has 4 nitrogen and oxygen atoms in total. The highest BCUT2D eigenvalue weighted by molar-refractivity contribution is 5.53. The maximum Gasteiger partial charge on any atom is 0.207 e. The topological polar surface area (TPSA) is 33.1 Å². The van der Waals surface area contributed by atoms with E-state index < -0.39 is 0 Å². The number of aromatic nitrogens is 2. The van der Waals surface area contributed by atoms with Gasteiger partial charge in [-0.25, -0.2) is 4.98 Å². The van der Waals surface area contributed by atoms with Gasteiger partial charge in [-0.05, 0) is 49.9 Å². The van der Waals surface area contributed by atoms with Gasteiger partial charge in [0.1, 0.15) is 0 Å². The Bertz CT molecular complexity index is 577. The molecule has 0 bridgehead atoms. The predicted molar refractivity (Wildman–Crippen MR) is 81.7 cm³/mol. The second-order valence-corrected chi connectivity index (χ2v) is 5.75. The maximum atomic E-state index is 4.41. The van der Waals surface area contributed by atoms with Crippen LogP contribution in [-0.2, 0) is 0 Å². The molecule has 2 aliphatic rings. The lowest BCUT2D eigenvalue weighted by Crippen LogP contribution is -2.17. The van der Waals surface area contributed by atoms with Gasteiger partial charge in [-0.3, -0.25) is 4.57 Å². The second-order valence-electron chi connectivity index (χ2n) is 5.75. The first-order chi connectivity index (χ1) is 9.90. The molecule has 1 aliphatic carbocycles. The third-order valence-electron chi connectivity index (χ3n) is 4.15. The number of anilines is 2. The molecule has 0 unspecified atom stereocenters.